The summed E-state index contributed by atoms with van der Waals surface area (Å²) in [5, 5.41) is 0. The highest BCUT2D eigenvalue weighted by molar-refractivity contribution is 5.01. The van der Waals surface area contributed by atoms with Crippen LogP contribution in [0.15, 0.2) is 0 Å². The van der Waals surface area contributed by atoms with Gasteiger partial charge in [-0.1, -0.05) is 34.6 Å². The molecule has 0 radical (unpaired) electrons. The maximum atomic E-state index is 6.29. The van der Waals surface area contributed by atoms with Crippen molar-refractivity contribution in [1.29, 1.82) is 0 Å². The smallest absolute Gasteiger partial charge is 0.0589 e. The third-order valence-electron chi connectivity index (χ3n) is 4.64. The number of methoxy groups -OCH3 is 1. The topological polar surface area (TPSA) is 38.5 Å². The molecule has 2 N–H and O–H groups in total. The molecule has 120 valence electrons. The molecule has 2 unspecified atom stereocenters. The van der Waals surface area contributed by atoms with Gasteiger partial charge in [-0.3, -0.25) is 4.90 Å². The lowest BCUT2D eigenvalue weighted by Gasteiger charge is -2.53. The minimum absolute atomic E-state index is 0.157. The van der Waals surface area contributed by atoms with E-state index in [-0.39, 0.29) is 5.54 Å². The summed E-state index contributed by atoms with van der Waals surface area (Å²) in [6.45, 7) is 15.4. The van der Waals surface area contributed by atoms with E-state index in [4.69, 9.17) is 10.5 Å². The van der Waals surface area contributed by atoms with Gasteiger partial charge in [-0.2, -0.15) is 0 Å². The maximum Gasteiger partial charge on any atom is 0.0589 e. The Kier molecular flexibility index (Phi) is 6.49. The largest absolute Gasteiger partial charge is 0.383 e. The lowest BCUT2D eigenvalue weighted by molar-refractivity contribution is -0.0279. The predicted octanol–water partition coefficient (Wildman–Crippen LogP) is 3.13. The first-order chi connectivity index (χ1) is 9.24. The summed E-state index contributed by atoms with van der Waals surface area (Å²) in [7, 11) is 1.79. The van der Waals surface area contributed by atoms with E-state index < -0.39 is 0 Å². The molecule has 0 heterocycles. The van der Waals surface area contributed by atoms with Crippen LogP contribution in [0.25, 0.3) is 0 Å². The Morgan fingerprint density at radius 3 is 2.40 bits per heavy atom. The number of nitrogens with zero attached hydrogens (tertiary/aromatic N) is 1. The molecule has 0 bridgehead atoms. The van der Waals surface area contributed by atoms with Gasteiger partial charge in [0.05, 0.1) is 6.61 Å². The van der Waals surface area contributed by atoms with Crippen molar-refractivity contribution in [1.82, 2.24) is 4.90 Å². The first-order valence-electron chi connectivity index (χ1n) is 8.19. The molecule has 3 heteroatoms. The lowest BCUT2D eigenvalue weighted by Crippen LogP contribution is -2.60. The molecule has 1 fully saturated rings. The van der Waals surface area contributed by atoms with Gasteiger partial charge >= 0.3 is 0 Å². The van der Waals surface area contributed by atoms with Crippen molar-refractivity contribution >= 4 is 0 Å². The van der Waals surface area contributed by atoms with E-state index in [0.29, 0.717) is 11.3 Å². The SMILES string of the molecule is COCCN(CC(C)C)C1(CN)CC(C)CC(C)(C)C1. The fourth-order valence-corrected chi connectivity index (χ4v) is 4.39. The molecule has 20 heavy (non-hydrogen) atoms. The second kappa shape index (κ2) is 7.24. The molecule has 1 rings (SSSR count). The van der Waals surface area contributed by atoms with Gasteiger partial charge in [-0.05, 0) is 36.5 Å². The van der Waals surface area contributed by atoms with Crippen LogP contribution in [-0.4, -0.2) is 43.8 Å². The molecule has 0 amide bonds. The predicted molar refractivity (Wildman–Crippen MR) is 86.9 cm³/mol. The van der Waals surface area contributed by atoms with Crippen molar-refractivity contribution in [2.45, 2.75) is 59.4 Å². The normalized spacial score (nSPS) is 30.1. The van der Waals surface area contributed by atoms with Gasteiger partial charge in [0.2, 0.25) is 0 Å². The highest BCUT2D eigenvalue weighted by Crippen LogP contribution is 2.46. The van der Waals surface area contributed by atoms with Crippen LogP contribution < -0.4 is 5.73 Å². The molecule has 0 aliphatic heterocycles. The Hall–Kier alpha value is -0.120. The van der Waals surface area contributed by atoms with Crippen LogP contribution in [-0.2, 0) is 4.74 Å². The standard InChI is InChI=1S/C17H36N2O/c1-14(2)11-19(7-8-20-6)17(13-18)10-15(3)9-16(4,5)12-17/h14-15H,7-13,18H2,1-6H3. The second-order valence-electron chi connectivity index (χ2n) is 8.12. The third kappa shape index (κ3) is 4.71. The monoisotopic (exact) mass is 284 g/mol. The molecule has 1 aliphatic carbocycles. The van der Waals surface area contributed by atoms with E-state index in [9.17, 15) is 0 Å². The van der Waals surface area contributed by atoms with Crippen LogP contribution in [0.3, 0.4) is 0 Å². The van der Waals surface area contributed by atoms with Crippen molar-refractivity contribution in [3.8, 4) is 0 Å². The van der Waals surface area contributed by atoms with Crippen molar-refractivity contribution < 1.29 is 4.74 Å². The highest BCUT2D eigenvalue weighted by Gasteiger charge is 2.45. The fraction of sp³-hybridized carbons (Fsp3) is 1.00. The Labute approximate surface area is 126 Å². The summed E-state index contributed by atoms with van der Waals surface area (Å²) in [5.41, 5.74) is 6.83. The van der Waals surface area contributed by atoms with E-state index in [1.165, 1.54) is 19.3 Å². The van der Waals surface area contributed by atoms with Crippen molar-refractivity contribution in [2.24, 2.45) is 23.0 Å². The zero-order valence-corrected chi connectivity index (χ0v) is 14.5. The average Bonchev–Trinajstić information content (AvgIpc) is 2.31. The molecule has 0 aromatic heterocycles. The zero-order chi connectivity index (χ0) is 15.4. The molecule has 0 saturated heterocycles. The number of hydrogen-bond donors (Lipinski definition) is 1. The third-order valence-corrected chi connectivity index (χ3v) is 4.64. The van der Waals surface area contributed by atoms with Crippen LogP contribution in [0.4, 0.5) is 0 Å². The maximum absolute atomic E-state index is 6.29. The molecule has 3 nitrogen and oxygen atoms in total. The summed E-state index contributed by atoms with van der Waals surface area (Å²) in [6.07, 6.45) is 3.75. The van der Waals surface area contributed by atoms with Crippen molar-refractivity contribution in [2.75, 3.05) is 33.4 Å². The summed E-state index contributed by atoms with van der Waals surface area (Å²) in [5.74, 6) is 1.41. The molecule has 0 aromatic carbocycles. The summed E-state index contributed by atoms with van der Waals surface area (Å²) in [4.78, 5) is 2.62. The van der Waals surface area contributed by atoms with Gasteiger partial charge in [-0.15, -0.1) is 0 Å². The van der Waals surface area contributed by atoms with E-state index >= 15 is 0 Å². The van der Waals surface area contributed by atoms with E-state index in [2.05, 4.69) is 39.5 Å². The number of nitrogens with two attached hydrogens (primary N) is 1. The summed E-state index contributed by atoms with van der Waals surface area (Å²) in [6, 6.07) is 0. The molecule has 0 aromatic rings. The molecular formula is C17H36N2O. The Morgan fingerprint density at radius 1 is 1.30 bits per heavy atom. The first-order valence-corrected chi connectivity index (χ1v) is 8.19. The highest BCUT2D eigenvalue weighted by atomic mass is 16.5. The molecule has 1 saturated carbocycles. The summed E-state index contributed by atoms with van der Waals surface area (Å²) >= 11 is 0. The first kappa shape index (κ1) is 17.9. The number of hydrogen-bond acceptors (Lipinski definition) is 3. The van der Waals surface area contributed by atoms with Crippen LogP contribution in [0.2, 0.25) is 0 Å². The van der Waals surface area contributed by atoms with Gasteiger partial charge in [0.25, 0.3) is 0 Å². The van der Waals surface area contributed by atoms with Crippen LogP contribution >= 0.6 is 0 Å². The molecule has 2 atom stereocenters. The fourth-order valence-electron chi connectivity index (χ4n) is 4.39. The average molecular weight is 284 g/mol. The Bertz CT molecular complexity index is 291. The summed E-state index contributed by atoms with van der Waals surface area (Å²) < 4.78 is 5.33. The van der Waals surface area contributed by atoms with Gasteiger partial charge in [0.15, 0.2) is 0 Å². The van der Waals surface area contributed by atoms with Crippen molar-refractivity contribution in [3.63, 3.8) is 0 Å². The minimum Gasteiger partial charge on any atom is -0.383 e. The van der Waals surface area contributed by atoms with E-state index in [0.717, 1.165) is 32.2 Å². The lowest BCUT2D eigenvalue weighted by atomic mass is 9.63. The number of rotatable bonds is 7. The van der Waals surface area contributed by atoms with Crippen molar-refractivity contribution in [3.05, 3.63) is 0 Å². The van der Waals surface area contributed by atoms with Gasteiger partial charge in [0.1, 0.15) is 0 Å². The number of ether oxygens (including phenoxy) is 1. The van der Waals surface area contributed by atoms with Crippen LogP contribution in [0, 0.1) is 17.3 Å². The Morgan fingerprint density at radius 2 is 1.95 bits per heavy atom. The quantitative estimate of drug-likeness (QED) is 0.780. The second-order valence-corrected chi connectivity index (χ2v) is 8.12. The minimum atomic E-state index is 0.157. The van der Waals surface area contributed by atoms with Gasteiger partial charge < -0.3 is 10.5 Å². The van der Waals surface area contributed by atoms with Gasteiger partial charge in [0, 0.05) is 32.3 Å². The van der Waals surface area contributed by atoms with Crippen LogP contribution in [0.5, 0.6) is 0 Å². The molecular weight excluding hydrogens is 248 g/mol. The Balaban J connectivity index is 2.95. The van der Waals surface area contributed by atoms with E-state index in [1.807, 2.05) is 0 Å². The van der Waals surface area contributed by atoms with Crippen LogP contribution in [0.1, 0.15) is 53.9 Å². The van der Waals surface area contributed by atoms with E-state index in [1.54, 1.807) is 7.11 Å². The van der Waals surface area contributed by atoms with Gasteiger partial charge in [-0.25, -0.2) is 0 Å². The molecule has 0 spiro atoms. The zero-order valence-electron chi connectivity index (χ0n) is 14.5. The molecule has 1 aliphatic rings.